The molecule has 21 heavy (non-hydrogen) atoms. The molecule has 1 unspecified atom stereocenters. The Kier molecular flexibility index (Phi) is 5.11. The van der Waals surface area contributed by atoms with Crippen molar-refractivity contribution >= 4 is 0 Å². The van der Waals surface area contributed by atoms with Crippen LogP contribution in [0.5, 0.6) is 0 Å². The third kappa shape index (κ3) is 3.87. The van der Waals surface area contributed by atoms with E-state index in [9.17, 15) is 0 Å². The van der Waals surface area contributed by atoms with Crippen LogP contribution in [0.2, 0.25) is 0 Å². The van der Waals surface area contributed by atoms with Crippen LogP contribution in [0.3, 0.4) is 0 Å². The highest BCUT2D eigenvalue weighted by atomic mass is 15.2. The van der Waals surface area contributed by atoms with Crippen molar-refractivity contribution in [2.75, 3.05) is 19.6 Å². The molecule has 0 saturated carbocycles. The van der Waals surface area contributed by atoms with Gasteiger partial charge in [0.15, 0.2) is 0 Å². The van der Waals surface area contributed by atoms with Crippen molar-refractivity contribution in [3.8, 4) is 0 Å². The van der Waals surface area contributed by atoms with Crippen LogP contribution < -0.4 is 5.73 Å². The molecule has 0 amide bonds. The molecule has 1 saturated heterocycles. The van der Waals surface area contributed by atoms with Gasteiger partial charge in [-0.3, -0.25) is 4.90 Å². The second-order valence-electron chi connectivity index (χ2n) is 7.79. The van der Waals surface area contributed by atoms with Crippen molar-refractivity contribution < 1.29 is 0 Å². The number of piperidine rings is 1. The first-order valence-electron chi connectivity index (χ1n) is 8.34. The van der Waals surface area contributed by atoms with Crippen molar-refractivity contribution in [3.63, 3.8) is 0 Å². The van der Waals surface area contributed by atoms with Gasteiger partial charge >= 0.3 is 0 Å². The van der Waals surface area contributed by atoms with Crippen LogP contribution in [0, 0.1) is 25.2 Å². The molecule has 1 aliphatic rings. The molecule has 118 valence electrons. The highest BCUT2D eigenvalue weighted by Crippen LogP contribution is 2.36. The Morgan fingerprint density at radius 2 is 1.81 bits per heavy atom. The number of rotatable bonds is 3. The summed E-state index contributed by atoms with van der Waals surface area (Å²) in [4.78, 5) is 2.60. The van der Waals surface area contributed by atoms with Crippen molar-refractivity contribution in [2.45, 2.75) is 53.5 Å². The minimum atomic E-state index is 0.381. The average Bonchev–Trinajstić information content (AvgIpc) is 2.41. The molecule has 0 radical (unpaired) electrons. The Balaban J connectivity index is 2.09. The van der Waals surface area contributed by atoms with E-state index in [4.69, 9.17) is 5.73 Å². The molecule has 1 aromatic carbocycles. The fourth-order valence-electron chi connectivity index (χ4n) is 3.75. The lowest BCUT2D eigenvalue weighted by molar-refractivity contribution is 0.0844. The zero-order chi connectivity index (χ0) is 15.6. The van der Waals surface area contributed by atoms with Crippen molar-refractivity contribution in [1.82, 2.24) is 4.90 Å². The SMILES string of the molecule is Cc1ccc(C(CN)N2CCC(C(C)(C)C)CC2)c(C)c1. The minimum Gasteiger partial charge on any atom is -0.329 e. The van der Waals surface area contributed by atoms with Crippen LogP contribution in [0.4, 0.5) is 0 Å². The summed E-state index contributed by atoms with van der Waals surface area (Å²) in [6, 6.07) is 7.15. The van der Waals surface area contributed by atoms with Crippen molar-refractivity contribution in [3.05, 3.63) is 34.9 Å². The Labute approximate surface area is 130 Å². The smallest absolute Gasteiger partial charge is 0.0473 e. The van der Waals surface area contributed by atoms with E-state index < -0.39 is 0 Å². The molecule has 1 aliphatic heterocycles. The van der Waals surface area contributed by atoms with Crippen LogP contribution in [0.25, 0.3) is 0 Å². The van der Waals surface area contributed by atoms with Gasteiger partial charge in [-0.15, -0.1) is 0 Å². The fraction of sp³-hybridized carbons (Fsp3) is 0.684. The maximum absolute atomic E-state index is 6.12. The number of aryl methyl sites for hydroxylation is 2. The van der Waals surface area contributed by atoms with Gasteiger partial charge in [0.05, 0.1) is 0 Å². The first kappa shape index (κ1) is 16.5. The van der Waals surface area contributed by atoms with E-state index in [1.807, 2.05) is 0 Å². The molecule has 1 heterocycles. The number of nitrogens with two attached hydrogens (primary N) is 1. The van der Waals surface area contributed by atoms with Crippen LogP contribution in [-0.2, 0) is 0 Å². The average molecular weight is 288 g/mol. The number of likely N-dealkylation sites (tertiary alicyclic amines) is 1. The Morgan fingerprint density at radius 3 is 2.29 bits per heavy atom. The number of benzene rings is 1. The quantitative estimate of drug-likeness (QED) is 0.908. The number of hydrogen-bond donors (Lipinski definition) is 1. The first-order valence-corrected chi connectivity index (χ1v) is 8.34. The molecule has 2 rings (SSSR count). The Morgan fingerprint density at radius 1 is 1.19 bits per heavy atom. The molecular formula is C19H32N2. The minimum absolute atomic E-state index is 0.381. The van der Waals surface area contributed by atoms with Gasteiger partial charge in [-0.05, 0) is 62.2 Å². The summed E-state index contributed by atoms with van der Waals surface area (Å²) in [5, 5.41) is 0. The van der Waals surface area contributed by atoms with Gasteiger partial charge in [-0.25, -0.2) is 0 Å². The third-order valence-electron chi connectivity index (χ3n) is 5.20. The Bertz CT molecular complexity index is 465. The lowest BCUT2D eigenvalue weighted by Gasteiger charge is -2.42. The lowest BCUT2D eigenvalue weighted by Crippen LogP contribution is -2.42. The Hall–Kier alpha value is -0.860. The van der Waals surface area contributed by atoms with Crippen molar-refractivity contribution in [2.24, 2.45) is 17.1 Å². The molecular weight excluding hydrogens is 256 g/mol. The van der Waals surface area contributed by atoms with Gasteiger partial charge in [-0.2, -0.15) is 0 Å². The summed E-state index contributed by atoms with van der Waals surface area (Å²) in [6.07, 6.45) is 2.59. The zero-order valence-corrected chi connectivity index (χ0v) is 14.4. The van der Waals surface area contributed by atoms with Gasteiger partial charge in [-0.1, -0.05) is 44.5 Å². The van der Waals surface area contributed by atoms with Gasteiger partial charge in [0.2, 0.25) is 0 Å². The van der Waals surface area contributed by atoms with Gasteiger partial charge in [0.1, 0.15) is 0 Å². The van der Waals surface area contributed by atoms with Crippen LogP contribution in [0.15, 0.2) is 18.2 Å². The van der Waals surface area contributed by atoms with E-state index >= 15 is 0 Å². The number of hydrogen-bond acceptors (Lipinski definition) is 2. The molecule has 2 heteroatoms. The summed E-state index contributed by atoms with van der Waals surface area (Å²) in [6.45, 7) is 14.6. The summed E-state index contributed by atoms with van der Waals surface area (Å²) >= 11 is 0. The second-order valence-corrected chi connectivity index (χ2v) is 7.79. The highest BCUT2D eigenvalue weighted by molar-refractivity contribution is 5.33. The maximum Gasteiger partial charge on any atom is 0.0473 e. The van der Waals surface area contributed by atoms with E-state index in [-0.39, 0.29) is 0 Å². The standard InChI is InChI=1S/C19H32N2/c1-14-6-7-17(15(2)12-14)18(13-20)21-10-8-16(9-11-21)19(3,4)5/h6-7,12,16,18H,8-11,13,20H2,1-5H3. The van der Waals surface area contributed by atoms with E-state index in [0.29, 0.717) is 18.0 Å². The number of nitrogens with zero attached hydrogens (tertiary/aromatic N) is 1. The monoisotopic (exact) mass is 288 g/mol. The predicted octanol–water partition coefficient (Wildman–Crippen LogP) is 4.06. The molecule has 2 N–H and O–H groups in total. The molecule has 2 nitrogen and oxygen atoms in total. The summed E-state index contributed by atoms with van der Waals surface area (Å²) < 4.78 is 0. The zero-order valence-electron chi connectivity index (χ0n) is 14.4. The van der Waals surface area contributed by atoms with E-state index in [1.54, 1.807) is 0 Å². The van der Waals surface area contributed by atoms with E-state index in [1.165, 1.54) is 42.6 Å². The normalized spacial score (nSPS) is 19.7. The molecule has 0 aliphatic carbocycles. The van der Waals surface area contributed by atoms with E-state index in [0.717, 1.165) is 5.92 Å². The van der Waals surface area contributed by atoms with E-state index in [2.05, 4.69) is 57.7 Å². The van der Waals surface area contributed by atoms with Crippen LogP contribution in [0.1, 0.15) is 56.3 Å². The molecule has 0 aromatic heterocycles. The van der Waals surface area contributed by atoms with Crippen LogP contribution in [-0.4, -0.2) is 24.5 Å². The molecule has 1 fully saturated rings. The molecule has 0 bridgehead atoms. The summed E-state index contributed by atoms with van der Waals surface area (Å²) in [5.41, 5.74) is 10.7. The molecule has 1 atom stereocenters. The molecule has 0 spiro atoms. The van der Waals surface area contributed by atoms with Gasteiger partial charge in [0, 0.05) is 12.6 Å². The van der Waals surface area contributed by atoms with Gasteiger partial charge < -0.3 is 5.73 Å². The second kappa shape index (κ2) is 6.50. The third-order valence-corrected chi connectivity index (χ3v) is 5.20. The molecule has 1 aromatic rings. The van der Waals surface area contributed by atoms with Crippen LogP contribution >= 0.6 is 0 Å². The maximum atomic E-state index is 6.12. The van der Waals surface area contributed by atoms with Gasteiger partial charge in [0.25, 0.3) is 0 Å². The first-order chi connectivity index (χ1) is 9.82. The summed E-state index contributed by atoms with van der Waals surface area (Å²) in [5.74, 6) is 0.839. The predicted molar refractivity (Wildman–Crippen MR) is 91.5 cm³/mol. The fourth-order valence-corrected chi connectivity index (χ4v) is 3.75. The topological polar surface area (TPSA) is 29.3 Å². The highest BCUT2D eigenvalue weighted by Gasteiger charge is 2.31. The van der Waals surface area contributed by atoms with Crippen molar-refractivity contribution in [1.29, 1.82) is 0 Å². The largest absolute Gasteiger partial charge is 0.329 e. The summed E-state index contributed by atoms with van der Waals surface area (Å²) in [7, 11) is 0. The lowest BCUT2D eigenvalue weighted by atomic mass is 9.75.